The summed E-state index contributed by atoms with van der Waals surface area (Å²) in [5, 5.41) is 0. The molecular formula is C8H17ClNOP. The molecule has 1 rings (SSSR count). The van der Waals surface area contributed by atoms with E-state index in [1.54, 1.807) is 0 Å². The lowest BCUT2D eigenvalue weighted by Gasteiger charge is -2.36. The quantitative estimate of drug-likeness (QED) is 0.707. The van der Waals surface area contributed by atoms with E-state index in [-0.39, 0.29) is 0 Å². The first-order chi connectivity index (χ1) is 5.63. The Labute approximate surface area is 80.6 Å². The first-order valence-electron chi connectivity index (χ1n) is 4.50. The van der Waals surface area contributed by atoms with Gasteiger partial charge in [0, 0.05) is 6.04 Å². The van der Waals surface area contributed by atoms with Crippen LogP contribution in [0.5, 0.6) is 0 Å². The van der Waals surface area contributed by atoms with Gasteiger partial charge < -0.3 is 4.89 Å². The van der Waals surface area contributed by atoms with E-state index in [9.17, 15) is 4.89 Å². The summed E-state index contributed by atoms with van der Waals surface area (Å²) in [6.45, 7) is 2.25. The minimum atomic E-state index is -1.41. The van der Waals surface area contributed by atoms with Crippen LogP contribution in [-0.2, 0) is 0 Å². The van der Waals surface area contributed by atoms with Crippen LogP contribution in [0.4, 0.5) is 0 Å². The molecular weight excluding hydrogens is 193 g/mol. The highest BCUT2D eigenvalue weighted by Crippen LogP contribution is 2.44. The van der Waals surface area contributed by atoms with Gasteiger partial charge in [0.15, 0.2) is 0 Å². The first kappa shape index (κ1) is 10.7. The van der Waals surface area contributed by atoms with Gasteiger partial charge in [-0.1, -0.05) is 19.8 Å². The minimum absolute atomic E-state index is 0.493. The molecule has 1 aliphatic carbocycles. The lowest BCUT2D eigenvalue weighted by Crippen LogP contribution is -2.34. The van der Waals surface area contributed by atoms with Gasteiger partial charge in [0.25, 0.3) is 0 Å². The van der Waals surface area contributed by atoms with E-state index in [1.165, 1.54) is 25.7 Å². The summed E-state index contributed by atoms with van der Waals surface area (Å²) >= 11 is 5.67. The summed E-state index contributed by atoms with van der Waals surface area (Å²) in [6, 6.07) is 0.493. The molecule has 3 atom stereocenters. The fraction of sp³-hybridized carbons (Fsp3) is 1.00. The standard InChI is InChI=1S/C8H17ClNOP/c1-7-5-3-4-6-8(7)10(2)12(9)11/h7-8,11H,3-6H2,1-2H3. The molecule has 4 heteroatoms. The summed E-state index contributed by atoms with van der Waals surface area (Å²) in [5.41, 5.74) is 0. The van der Waals surface area contributed by atoms with Gasteiger partial charge in [-0.05, 0) is 37.0 Å². The van der Waals surface area contributed by atoms with Crippen molar-refractivity contribution in [3.05, 3.63) is 0 Å². The molecule has 0 saturated heterocycles. The fourth-order valence-electron chi connectivity index (χ4n) is 1.97. The Kier molecular flexibility index (Phi) is 4.25. The predicted octanol–water partition coefficient (Wildman–Crippen LogP) is 2.95. The van der Waals surface area contributed by atoms with E-state index < -0.39 is 7.65 Å². The van der Waals surface area contributed by atoms with Crippen molar-refractivity contribution in [2.75, 3.05) is 7.05 Å². The van der Waals surface area contributed by atoms with Crippen molar-refractivity contribution in [1.82, 2.24) is 4.67 Å². The molecule has 2 nitrogen and oxygen atoms in total. The Morgan fingerprint density at radius 3 is 2.50 bits per heavy atom. The van der Waals surface area contributed by atoms with Gasteiger partial charge in [-0.2, -0.15) is 0 Å². The SMILES string of the molecule is CC1CCCCC1N(C)P(O)Cl. The molecule has 0 radical (unpaired) electrons. The topological polar surface area (TPSA) is 23.5 Å². The second kappa shape index (κ2) is 4.76. The maximum absolute atomic E-state index is 9.25. The van der Waals surface area contributed by atoms with Crippen LogP contribution < -0.4 is 0 Å². The van der Waals surface area contributed by atoms with Gasteiger partial charge in [-0.3, -0.25) is 0 Å². The molecule has 0 aliphatic heterocycles. The zero-order valence-corrected chi connectivity index (χ0v) is 9.35. The van der Waals surface area contributed by atoms with Crippen LogP contribution in [-0.4, -0.2) is 22.7 Å². The molecule has 0 aromatic heterocycles. The van der Waals surface area contributed by atoms with Crippen molar-refractivity contribution in [2.45, 2.75) is 38.6 Å². The van der Waals surface area contributed by atoms with E-state index in [0.717, 1.165) is 0 Å². The molecule has 1 saturated carbocycles. The largest absolute Gasteiger partial charge is 0.347 e. The van der Waals surface area contributed by atoms with Crippen LogP contribution in [0, 0.1) is 5.92 Å². The van der Waals surface area contributed by atoms with Gasteiger partial charge >= 0.3 is 0 Å². The lowest BCUT2D eigenvalue weighted by molar-refractivity contribution is 0.213. The van der Waals surface area contributed by atoms with Crippen LogP contribution in [0.25, 0.3) is 0 Å². The molecule has 0 bridgehead atoms. The molecule has 1 fully saturated rings. The molecule has 72 valence electrons. The number of hydrogen-bond donors (Lipinski definition) is 1. The predicted molar refractivity (Wildman–Crippen MR) is 54.2 cm³/mol. The van der Waals surface area contributed by atoms with Crippen LogP contribution in [0.15, 0.2) is 0 Å². The van der Waals surface area contributed by atoms with E-state index in [4.69, 9.17) is 11.2 Å². The molecule has 1 aliphatic rings. The lowest BCUT2D eigenvalue weighted by atomic mass is 9.86. The van der Waals surface area contributed by atoms with Crippen LogP contribution in [0.3, 0.4) is 0 Å². The van der Waals surface area contributed by atoms with Gasteiger partial charge in [0.1, 0.15) is 0 Å². The Morgan fingerprint density at radius 1 is 1.42 bits per heavy atom. The summed E-state index contributed by atoms with van der Waals surface area (Å²) in [4.78, 5) is 9.25. The zero-order chi connectivity index (χ0) is 9.14. The summed E-state index contributed by atoms with van der Waals surface area (Å²) < 4.78 is 1.93. The number of halogens is 1. The monoisotopic (exact) mass is 209 g/mol. The van der Waals surface area contributed by atoms with Crippen molar-refractivity contribution in [3.8, 4) is 0 Å². The summed E-state index contributed by atoms with van der Waals surface area (Å²) in [6.07, 6.45) is 5.06. The van der Waals surface area contributed by atoms with Gasteiger partial charge in [0.05, 0.1) is 0 Å². The molecule has 0 aromatic rings. The zero-order valence-electron chi connectivity index (χ0n) is 7.70. The average Bonchev–Trinajstić information content (AvgIpc) is 2.04. The van der Waals surface area contributed by atoms with Crippen molar-refractivity contribution in [1.29, 1.82) is 0 Å². The summed E-state index contributed by atoms with van der Waals surface area (Å²) in [7, 11) is 0.516. The summed E-state index contributed by atoms with van der Waals surface area (Å²) in [5.74, 6) is 0.680. The van der Waals surface area contributed by atoms with Crippen molar-refractivity contribution >= 4 is 18.9 Å². The smallest absolute Gasteiger partial charge is 0.204 e. The van der Waals surface area contributed by atoms with Crippen molar-refractivity contribution in [2.24, 2.45) is 5.92 Å². The van der Waals surface area contributed by atoms with E-state index in [2.05, 4.69) is 6.92 Å². The highest BCUT2D eigenvalue weighted by molar-refractivity contribution is 7.77. The fourth-order valence-corrected chi connectivity index (χ4v) is 2.90. The Morgan fingerprint density at radius 2 is 2.00 bits per heavy atom. The maximum atomic E-state index is 9.25. The number of hydrogen-bond acceptors (Lipinski definition) is 2. The normalized spacial score (nSPS) is 33.8. The second-order valence-corrected chi connectivity index (χ2v) is 5.66. The van der Waals surface area contributed by atoms with Crippen LogP contribution in [0.1, 0.15) is 32.6 Å². The van der Waals surface area contributed by atoms with Crippen molar-refractivity contribution in [3.63, 3.8) is 0 Å². The van der Waals surface area contributed by atoms with E-state index >= 15 is 0 Å². The highest BCUT2D eigenvalue weighted by Gasteiger charge is 2.27. The molecule has 1 N–H and O–H groups in total. The number of rotatable bonds is 2. The molecule has 3 unspecified atom stereocenters. The third kappa shape index (κ3) is 2.56. The third-order valence-electron chi connectivity index (χ3n) is 2.81. The maximum Gasteiger partial charge on any atom is 0.204 e. The molecule has 12 heavy (non-hydrogen) atoms. The molecule has 0 amide bonds. The van der Waals surface area contributed by atoms with Gasteiger partial charge in [-0.15, -0.1) is 0 Å². The third-order valence-corrected chi connectivity index (χ3v) is 4.34. The van der Waals surface area contributed by atoms with Crippen LogP contribution >= 0.6 is 18.9 Å². The van der Waals surface area contributed by atoms with E-state index in [0.29, 0.717) is 12.0 Å². The first-order valence-corrected chi connectivity index (χ1v) is 6.65. The van der Waals surface area contributed by atoms with Gasteiger partial charge in [-0.25, -0.2) is 4.67 Å². The average molecular weight is 210 g/mol. The van der Waals surface area contributed by atoms with Crippen LogP contribution in [0.2, 0.25) is 0 Å². The molecule has 0 heterocycles. The van der Waals surface area contributed by atoms with E-state index in [1.807, 2.05) is 11.7 Å². The second-order valence-electron chi connectivity index (χ2n) is 3.64. The Bertz CT molecular complexity index is 145. The molecule has 0 spiro atoms. The van der Waals surface area contributed by atoms with Crippen molar-refractivity contribution < 1.29 is 4.89 Å². The minimum Gasteiger partial charge on any atom is -0.347 e. The molecule has 0 aromatic carbocycles. The highest BCUT2D eigenvalue weighted by atomic mass is 35.7. The Balaban J connectivity index is 2.47. The number of nitrogens with zero attached hydrogens (tertiary/aromatic N) is 1. The van der Waals surface area contributed by atoms with Gasteiger partial charge in [0.2, 0.25) is 7.65 Å². The Hall–Kier alpha value is 0.640.